The summed E-state index contributed by atoms with van der Waals surface area (Å²) in [6.45, 7) is 0. The third-order valence-electron chi connectivity index (χ3n) is 2.77. The van der Waals surface area contributed by atoms with Gasteiger partial charge in [-0.05, 0) is 18.4 Å². The summed E-state index contributed by atoms with van der Waals surface area (Å²) in [6, 6.07) is 10.2. The molecule has 6 nitrogen and oxygen atoms in total. The maximum absolute atomic E-state index is 10.5. The number of rotatable bonds is 7. The lowest BCUT2D eigenvalue weighted by molar-refractivity contribution is -0.133. The van der Waals surface area contributed by atoms with E-state index in [0.717, 1.165) is 24.6 Å². The van der Waals surface area contributed by atoms with E-state index in [1.54, 1.807) is 0 Å². The molecule has 0 aliphatic rings. The summed E-state index contributed by atoms with van der Waals surface area (Å²) in [5, 5.41) is 17.0. The van der Waals surface area contributed by atoms with E-state index in [-0.39, 0.29) is 5.75 Å². The van der Waals surface area contributed by atoms with Crippen molar-refractivity contribution in [2.24, 2.45) is 0 Å². The molecular formula is C13H16N4O2S. The van der Waals surface area contributed by atoms with Crippen LogP contribution in [0.25, 0.3) is 0 Å². The molecule has 106 valence electrons. The number of hydrogen-bond acceptors (Lipinski definition) is 5. The smallest absolute Gasteiger partial charge is 0.313 e. The van der Waals surface area contributed by atoms with Crippen LogP contribution >= 0.6 is 11.8 Å². The van der Waals surface area contributed by atoms with Crippen LogP contribution in [-0.2, 0) is 17.6 Å². The first-order chi connectivity index (χ1) is 9.66. The number of aliphatic carboxylic acids is 1. The highest BCUT2D eigenvalue weighted by atomic mass is 32.2. The van der Waals surface area contributed by atoms with Crippen molar-refractivity contribution < 1.29 is 9.90 Å². The Hall–Kier alpha value is -2.02. The molecule has 0 aliphatic carbocycles. The average Bonchev–Trinajstić information content (AvgIpc) is 2.79. The van der Waals surface area contributed by atoms with Crippen LogP contribution in [0.2, 0.25) is 0 Å². The van der Waals surface area contributed by atoms with E-state index < -0.39 is 5.97 Å². The number of benzene rings is 1. The Bertz CT molecular complexity index is 571. The third kappa shape index (κ3) is 3.99. The van der Waals surface area contributed by atoms with Gasteiger partial charge < -0.3 is 10.9 Å². The predicted molar refractivity (Wildman–Crippen MR) is 77.0 cm³/mol. The van der Waals surface area contributed by atoms with Gasteiger partial charge in [-0.15, -0.1) is 10.2 Å². The van der Waals surface area contributed by atoms with Crippen LogP contribution in [0.1, 0.15) is 17.8 Å². The Kier molecular flexibility index (Phi) is 5.00. The fourth-order valence-electron chi connectivity index (χ4n) is 1.80. The Labute approximate surface area is 121 Å². The van der Waals surface area contributed by atoms with Crippen molar-refractivity contribution in [3.63, 3.8) is 0 Å². The molecule has 2 aromatic rings. The highest BCUT2D eigenvalue weighted by molar-refractivity contribution is 7.99. The maximum atomic E-state index is 10.5. The fraction of sp³-hybridized carbons (Fsp3) is 0.308. The van der Waals surface area contributed by atoms with Crippen molar-refractivity contribution >= 4 is 17.7 Å². The van der Waals surface area contributed by atoms with E-state index in [0.29, 0.717) is 17.4 Å². The second-order valence-corrected chi connectivity index (χ2v) is 5.23. The molecule has 0 fully saturated rings. The van der Waals surface area contributed by atoms with Crippen LogP contribution < -0.4 is 5.84 Å². The number of nitrogens with two attached hydrogens (primary N) is 1. The highest BCUT2D eigenvalue weighted by Gasteiger charge is 2.11. The first-order valence-electron chi connectivity index (χ1n) is 6.24. The van der Waals surface area contributed by atoms with Gasteiger partial charge in [-0.3, -0.25) is 4.79 Å². The number of hydrogen-bond donors (Lipinski definition) is 2. The van der Waals surface area contributed by atoms with Gasteiger partial charge >= 0.3 is 5.97 Å². The Morgan fingerprint density at radius 3 is 2.70 bits per heavy atom. The highest BCUT2D eigenvalue weighted by Crippen LogP contribution is 2.15. The summed E-state index contributed by atoms with van der Waals surface area (Å²) in [7, 11) is 0. The van der Waals surface area contributed by atoms with Gasteiger partial charge in [-0.25, -0.2) is 4.68 Å². The van der Waals surface area contributed by atoms with Crippen molar-refractivity contribution in [1.29, 1.82) is 0 Å². The minimum Gasteiger partial charge on any atom is -0.481 e. The third-order valence-corrected chi connectivity index (χ3v) is 3.70. The normalized spacial score (nSPS) is 10.6. The summed E-state index contributed by atoms with van der Waals surface area (Å²) < 4.78 is 1.37. The molecule has 0 unspecified atom stereocenters. The first-order valence-corrected chi connectivity index (χ1v) is 7.23. The zero-order valence-electron chi connectivity index (χ0n) is 10.9. The summed E-state index contributed by atoms with van der Waals surface area (Å²) >= 11 is 1.07. The average molecular weight is 292 g/mol. The minimum absolute atomic E-state index is 0.0701. The second-order valence-electron chi connectivity index (χ2n) is 4.29. The molecule has 0 saturated carbocycles. The fourth-order valence-corrected chi connectivity index (χ4v) is 2.39. The van der Waals surface area contributed by atoms with E-state index >= 15 is 0 Å². The minimum atomic E-state index is -0.899. The molecule has 0 atom stereocenters. The number of aromatic nitrogens is 3. The molecule has 0 spiro atoms. The van der Waals surface area contributed by atoms with Crippen LogP contribution in [0, 0.1) is 0 Å². The van der Waals surface area contributed by atoms with Gasteiger partial charge in [0.25, 0.3) is 0 Å². The van der Waals surface area contributed by atoms with Gasteiger partial charge in [0.1, 0.15) is 0 Å². The summed E-state index contributed by atoms with van der Waals surface area (Å²) in [5.74, 6) is 5.55. The molecule has 1 heterocycles. The number of thioether (sulfide) groups is 1. The molecule has 0 bridgehead atoms. The molecule has 20 heavy (non-hydrogen) atoms. The zero-order chi connectivity index (χ0) is 14.4. The molecule has 7 heteroatoms. The molecule has 3 N–H and O–H groups in total. The monoisotopic (exact) mass is 292 g/mol. The molecule has 1 aromatic carbocycles. The summed E-state index contributed by atoms with van der Waals surface area (Å²) in [4.78, 5) is 10.5. The van der Waals surface area contributed by atoms with Crippen LogP contribution in [-0.4, -0.2) is 31.7 Å². The standard InChI is InChI=1S/C13H16N4O2S/c14-17-11(15-16-13(17)20-9-12(18)19)8-4-7-10-5-2-1-3-6-10/h1-3,5-6H,4,7-9,14H2,(H,18,19). The summed E-state index contributed by atoms with van der Waals surface area (Å²) in [5.41, 5.74) is 1.27. The van der Waals surface area contributed by atoms with Crippen molar-refractivity contribution in [1.82, 2.24) is 14.9 Å². The molecule has 0 aliphatic heterocycles. The largest absolute Gasteiger partial charge is 0.481 e. The van der Waals surface area contributed by atoms with Crippen molar-refractivity contribution in [2.75, 3.05) is 11.6 Å². The van der Waals surface area contributed by atoms with E-state index in [9.17, 15) is 4.79 Å². The van der Waals surface area contributed by atoms with E-state index in [4.69, 9.17) is 10.9 Å². The van der Waals surface area contributed by atoms with Crippen molar-refractivity contribution in [2.45, 2.75) is 24.4 Å². The maximum Gasteiger partial charge on any atom is 0.313 e. The first kappa shape index (κ1) is 14.4. The predicted octanol–water partition coefficient (Wildman–Crippen LogP) is 1.34. The number of carboxylic acids is 1. The van der Waals surface area contributed by atoms with E-state index in [1.165, 1.54) is 10.2 Å². The van der Waals surface area contributed by atoms with E-state index in [1.807, 2.05) is 18.2 Å². The van der Waals surface area contributed by atoms with Gasteiger partial charge in [0, 0.05) is 6.42 Å². The van der Waals surface area contributed by atoms with Crippen LogP contribution in [0.4, 0.5) is 0 Å². The molecule has 1 aromatic heterocycles. The lowest BCUT2D eigenvalue weighted by Gasteiger charge is -2.03. The molecule has 0 amide bonds. The van der Waals surface area contributed by atoms with Crippen LogP contribution in [0.15, 0.2) is 35.5 Å². The summed E-state index contributed by atoms with van der Waals surface area (Å²) in [6.07, 6.45) is 2.58. The Morgan fingerprint density at radius 1 is 1.25 bits per heavy atom. The molecule has 2 rings (SSSR count). The van der Waals surface area contributed by atoms with Gasteiger partial charge in [0.05, 0.1) is 5.75 Å². The van der Waals surface area contributed by atoms with Gasteiger partial charge in [-0.2, -0.15) is 0 Å². The molecular weight excluding hydrogens is 276 g/mol. The van der Waals surface area contributed by atoms with Crippen LogP contribution in [0.5, 0.6) is 0 Å². The number of carboxylic acid groups (broad SMARTS) is 1. The number of carbonyl (C=O) groups is 1. The van der Waals surface area contributed by atoms with E-state index in [2.05, 4.69) is 22.3 Å². The van der Waals surface area contributed by atoms with Crippen LogP contribution in [0.3, 0.4) is 0 Å². The molecule has 0 radical (unpaired) electrons. The Morgan fingerprint density at radius 2 is 2.00 bits per heavy atom. The quantitative estimate of drug-likeness (QED) is 0.591. The second kappa shape index (κ2) is 6.95. The number of nitrogen functional groups attached to an aromatic ring is 1. The number of nitrogens with zero attached hydrogens (tertiary/aromatic N) is 3. The molecule has 0 saturated heterocycles. The van der Waals surface area contributed by atoms with Crippen molar-refractivity contribution in [3.05, 3.63) is 41.7 Å². The lowest BCUT2D eigenvalue weighted by atomic mass is 10.1. The lowest BCUT2D eigenvalue weighted by Crippen LogP contribution is -2.15. The van der Waals surface area contributed by atoms with Gasteiger partial charge in [0.15, 0.2) is 5.82 Å². The van der Waals surface area contributed by atoms with Gasteiger partial charge in [0.2, 0.25) is 5.16 Å². The van der Waals surface area contributed by atoms with Gasteiger partial charge in [-0.1, -0.05) is 42.1 Å². The zero-order valence-corrected chi connectivity index (χ0v) is 11.7. The number of aryl methyl sites for hydroxylation is 2. The van der Waals surface area contributed by atoms with Crippen molar-refractivity contribution in [3.8, 4) is 0 Å². The SMILES string of the molecule is Nn1c(CCCc2ccccc2)nnc1SCC(=O)O. The topological polar surface area (TPSA) is 94.0 Å². The Balaban J connectivity index is 1.85.